The highest BCUT2D eigenvalue weighted by Crippen LogP contribution is 2.42. The maximum Gasteiger partial charge on any atom is 0.264 e. The number of methoxy groups -OCH3 is 1. The summed E-state index contributed by atoms with van der Waals surface area (Å²) in [6, 6.07) is 10.9. The number of carbonyl (C=O) groups is 1. The Labute approximate surface area is 253 Å². The van der Waals surface area contributed by atoms with Crippen LogP contribution >= 0.6 is 11.6 Å². The van der Waals surface area contributed by atoms with E-state index in [1.807, 2.05) is 24.3 Å². The minimum atomic E-state index is -4.10. The molecule has 2 heterocycles. The van der Waals surface area contributed by atoms with Gasteiger partial charge in [-0.05, 0) is 105 Å². The van der Waals surface area contributed by atoms with E-state index in [9.17, 15) is 13.2 Å². The first-order valence-corrected chi connectivity index (χ1v) is 16.9. The first-order valence-electron chi connectivity index (χ1n) is 15.1. The third-order valence-electron chi connectivity index (χ3n) is 9.64. The van der Waals surface area contributed by atoms with E-state index in [1.54, 1.807) is 19.2 Å². The van der Waals surface area contributed by atoms with Gasteiger partial charge in [0, 0.05) is 31.8 Å². The molecule has 8 nitrogen and oxygen atoms in total. The summed E-state index contributed by atoms with van der Waals surface area (Å²) >= 11 is 6.32. The van der Waals surface area contributed by atoms with E-state index in [4.69, 9.17) is 21.1 Å². The van der Waals surface area contributed by atoms with E-state index in [1.165, 1.54) is 11.6 Å². The van der Waals surface area contributed by atoms with Gasteiger partial charge in [-0.2, -0.15) is 0 Å². The number of sulfonamides is 1. The quantitative estimate of drug-likeness (QED) is 0.438. The van der Waals surface area contributed by atoms with Gasteiger partial charge in [0.2, 0.25) is 0 Å². The maximum atomic E-state index is 13.6. The van der Waals surface area contributed by atoms with Crippen molar-refractivity contribution in [2.75, 3.05) is 31.6 Å². The number of nitrogens with zero attached hydrogens (tertiary/aromatic N) is 1. The van der Waals surface area contributed by atoms with Crippen LogP contribution in [-0.4, -0.2) is 52.7 Å². The average molecular weight is 614 g/mol. The smallest absolute Gasteiger partial charge is 0.264 e. The van der Waals surface area contributed by atoms with Crippen LogP contribution in [0.5, 0.6) is 5.75 Å². The van der Waals surface area contributed by atoms with Crippen LogP contribution in [0.1, 0.15) is 56.1 Å². The van der Waals surface area contributed by atoms with Crippen molar-refractivity contribution in [1.82, 2.24) is 10.0 Å². The minimum Gasteiger partial charge on any atom is -0.487 e. The number of carbonyl (C=O) groups excluding carboxylic acids is 1. The summed E-state index contributed by atoms with van der Waals surface area (Å²) in [7, 11) is -2.34. The molecule has 0 radical (unpaired) electrons. The number of nitrogens with one attached hydrogen (secondary N) is 2. The number of aryl methyl sites for hydroxylation is 1. The Hall–Kier alpha value is -2.59. The Kier molecular flexibility index (Phi) is 8.56. The van der Waals surface area contributed by atoms with Gasteiger partial charge >= 0.3 is 0 Å². The van der Waals surface area contributed by atoms with Crippen molar-refractivity contribution in [1.29, 1.82) is 0 Å². The molecule has 0 aromatic heterocycles. The van der Waals surface area contributed by atoms with Crippen molar-refractivity contribution in [2.24, 2.45) is 11.8 Å². The Balaban J connectivity index is 1.40. The molecule has 1 amide bonds. The molecule has 2 aromatic rings. The maximum absolute atomic E-state index is 13.6. The molecule has 2 fully saturated rings. The highest BCUT2D eigenvalue weighted by molar-refractivity contribution is 7.90. The molecule has 2 saturated carbocycles. The number of ether oxygens (including phenoxy) is 2. The van der Waals surface area contributed by atoms with E-state index >= 15 is 0 Å². The molecule has 0 saturated heterocycles. The van der Waals surface area contributed by atoms with Gasteiger partial charge in [-0.25, -0.2) is 13.1 Å². The lowest BCUT2D eigenvalue weighted by Crippen LogP contribution is -2.62. The Morgan fingerprint density at radius 2 is 1.93 bits per heavy atom. The largest absolute Gasteiger partial charge is 0.487 e. The molecule has 2 bridgehead atoms. The van der Waals surface area contributed by atoms with Gasteiger partial charge in [-0.3, -0.25) is 10.1 Å². The number of hydrogen-bond acceptors (Lipinski definition) is 7. The van der Waals surface area contributed by atoms with Crippen LogP contribution < -0.4 is 19.7 Å². The molecular weight excluding hydrogens is 574 g/mol. The standard InChI is InChI=1S/C32H40ClN3O5S/c1-40-29-7-4-16-34-32(14-5-15-32)31(37)35-42(38,39)26-11-13-30-28(19-26)36(20-23-9-12-27(23)29)17-3-2-6-22-18-25(33)10-8-24(22)21-41-30/h4,7-8,10-11,13,18-19,23,27,29,34H,2-3,5-6,9,12,14-17,20-21H2,1H3,(H,35,37)/b7-4+/t23-,27+,29+/m0/s1. The predicted octanol–water partition coefficient (Wildman–Crippen LogP) is 4.99. The van der Waals surface area contributed by atoms with Gasteiger partial charge in [-0.15, -0.1) is 0 Å². The van der Waals surface area contributed by atoms with E-state index < -0.39 is 21.5 Å². The fourth-order valence-corrected chi connectivity index (χ4v) is 8.03. The third-order valence-corrected chi connectivity index (χ3v) is 11.2. The van der Waals surface area contributed by atoms with Gasteiger partial charge in [0.15, 0.2) is 0 Å². The van der Waals surface area contributed by atoms with Crippen LogP contribution in [0.25, 0.3) is 0 Å². The lowest BCUT2D eigenvalue weighted by atomic mass is 9.70. The number of benzene rings is 2. The van der Waals surface area contributed by atoms with Crippen LogP contribution in [0.3, 0.4) is 0 Å². The third kappa shape index (κ3) is 5.94. The lowest BCUT2D eigenvalue weighted by molar-refractivity contribution is -0.129. The van der Waals surface area contributed by atoms with Gasteiger partial charge in [0.1, 0.15) is 12.4 Å². The second-order valence-electron chi connectivity index (χ2n) is 12.1. The van der Waals surface area contributed by atoms with Crippen molar-refractivity contribution in [3.63, 3.8) is 0 Å². The first kappa shape index (κ1) is 29.5. The van der Waals surface area contributed by atoms with Crippen molar-refractivity contribution in [3.8, 4) is 5.75 Å². The zero-order valence-corrected chi connectivity index (χ0v) is 25.7. The van der Waals surface area contributed by atoms with Crippen molar-refractivity contribution >= 4 is 33.2 Å². The molecule has 0 unspecified atom stereocenters. The summed E-state index contributed by atoms with van der Waals surface area (Å²) in [6.45, 7) is 2.35. The number of fused-ring (bicyclic) bond motifs is 3. The zero-order valence-electron chi connectivity index (χ0n) is 24.1. The fraction of sp³-hybridized carbons (Fsp3) is 0.531. The van der Waals surface area contributed by atoms with Crippen LogP contribution in [0.4, 0.5) is 5.69 Å². The van der Waals surface area contributed by atoms with E-state index in [0.717, 1.165) is 62.9 Å². The van der Waals surface area contributed by atoms with Crippen molar-refractivity contribution < 1.29 is 22.7 Å². The average Bonchev–Trinajstić information content (AvgIpc) is 2.96. The second kappa shape index (κ2) is 12.2. The molecule has 4 aliphatic rings. The van der Waals surface area contributed by atoms with Crippen LogP contribution in [0.2, 0.25) is 5.02 Å². The van der Waals surface area contributed by atoms with E-state index in [-0.39, 0.29) is 11.0 Å². The van der Waals surface area contributed by atoms with Crippen LogP contribution in [-0.2, 0) is 32.6 Å². The highest BCUT2D eigenvalue weighted by Gasteiger charge is 2.45. The number of rotatable bonds is 1. The molecular formula is C32H40ClN3O5S. The lowest BCUT2D eigenvalue weighted by Gasteiger charge is -2.44. The van der Waals surface area contributed by atoms with E-state index in [2.05, 4.69) is 21.0 Å². The molecule has 2 aliphatic carbocycles. The fourth-order valence-electron chi connectivity index (χ4n) is 6.77. The normalized spacial score (nSPS) is 28.0. The second-order valence-corrected chi connectivity index (χ2v) is 14.2. The van der Waals surface area contributed by atoms with Gasteiger partial charge in [0.25, 0.3) is 15.9 Å². The molecule has 2 aliphatic heterocycles. The summed E-state index contributed by atoms with van der Waals surface area (Å²) in [4.78, 5) is 15.7. The van der Waals surface area contributed by atoms with Crippen molar-refractivity contribution in [3.05, 3.63) is 64.7 Å². The molecule has 3 atom stereocenters. The minimum absolute atomic E-state index is 0.0183. The Morgan fingerprint density at radius 1 is 1.07 bits per heavy atom. The Bertz CT molecular complexity index is 1460. The molecule has 42 heavy (non-hydrogen) atoms. The molecule has 6 rings (SSSR count). The summed E-state index contributed by atoms with van der Waals surface area (Å²) < 4.78 is 41.9. The summed E-state index contributed by atoms with van der Waals surface area (Å²) in [5.74, 6) is 0.880. The first-order chi connectivity index (χ1) is 20.3. The number of anilines is 1. The van der Waals surface area contributed by atoms with Crippen LogP contribution in [0.15, 0.2) is 53.4 Å². The Morgan fingerprint density at radius 3 is 2.67 bits per heavy atom. The highest BCUT2D eigenvalue weighted by atomic mass is 35.5. The number of hydrogen-bond donors (Lipinski definition) is 2. The van der Waals surface area contributed by atoms with Gasteiger partial charge < -0.3 is 14.4 Å². The molecule has 1 spiro atoms. The van der Waals surface area contributed by atoms with E-state index in [0.29, 0.717) is 48.6 Å². The molecule has 2 aromatic carbocycles. The zero-order chi connectivity index (χ0) is 29.3. The summed E-state index contributed by atoms with van der Waals surface area (Å²) in [5.41, 5.74) is 2.10. The van der Waals surface area contributed by atoms with Crippen LogP contribution in [0, 0.1) is 11.8 Å². The molecule has 10 heteroatoms. The molecule has 2 N–H and O–H groups in total. The van der Waals surface area contributed by atoms with Crippen molar-refractivity contribution in [2.45, 2.75) is 74.5 Å². The number of halogens is 1. The molecule has 226 valence electrons. The predicted molar refractivity (Wildman–Crippen MR) is 163 cm³/mol. The summed E-state index contributed by atoms with van der Waals surface area (Å²) in [5, 5.41) is 4.03. The number of amides is 1. The monoisotopic (exact) mass is 613 g/mol. The van der Waals surface area contributed by atoms with Gasteiger partial charge in [0.05, 0.1) is 22.2 Å². The van der Waals surface area contributed by atoms with Gasteiger partial charge in [-0.1, -0.05) is 29.8 Å². The topological polar surface area (TPSA) is 97.0 Å². The SMILES string of the molecule is CO[C@@H]1/C=C/CNC2(CCC2)C(=O)NS(=O)(=O)c2ccc3c(c2)N(CCCCc2cc(Cl)ccc2CO3)C[C@@H]2CC[C@H]21. The summed E-state index contributed by atoms with van der Waals surface area (Å²) in [6.07, 6.45) is 11.1.